The van der Waals surface area contributed by atoms with Crippen LogP contribution < -0.4 is 15.6 Å². The van der Waals surface area contributed by atoms with E-state index in [1.165, 1.54) is 12.1 Å². The summed E-state index contributed by atoms with van der Waals surface area (Å²) in [6, 6.07) is 9.18. The SMILES string of the molecule is Cc1cc([C@@H](C)Nc2ccc(F)cc2S(C)(=O)=O)c2cc(-c3cnc(-c4cnc(OC5CC5)nc4)nc3)n(C)c(=O)c2c1. The molecule has 2 aromatic carbocycles. The van der Waals surface area contributed by atoms with Crippen molar-refractivity contribution in [1.82, 2.24) is 24.5 Å². The van der Waals surface area contributed by atoms with E-state index in [1.54, 1.807) is 36.4 Å². The van der Waals surface area contributed by atoms with Gasteiger partial charge >= 0.3 is 6.01 Å². The quantitative estimate of drug-likeness (QED) is 0.261. The molecule has 0 unspecified atom stereocenters. The molecule has 1 aliphatic carbocycles. The Bertz CT molecular complexity index is 2030. The lowest BCUT2D eigenvalue weighted by molar-refractivity contribution is 0.278. The van der Waals surface area contributed by atoms with Gasteiger partial charge in [-0.25, -0.2) is 32.7 Å². The molecule has 0 radical (unpaired) electrons. The first kappa shape index (κ1) is 28.4. The second-order valence-corrected chi connectivity index (χ2v) is 12.8. The van der Waals surface area contributed by atoms with E-state index in [4.69, 9.17) is 4.74 Å². The van der Waals surface area contributed by atoms with Gasteiger partial charge in [-0.2, -0.15) is 0 Å². The van der Waals surface area contributed by atoms with Gasteiger partial charge in [0, 0.05) is 55.1 Å². The highest BCUT2D eigenvalue weighted by atomic mass is 32.2. The first-order chi connectivity index (χ1) is 20.5. The fourth-order valence-electron chi connectivity index (χ4n) is 4.99. The highest BCUT2D eigenvalue weighted by Crippen LogP contribution is 2.32. The molecule has 0 amide bonds. The average Bonchev–Trinajstić information content (AvgIpc) is 3.80. The summed E-state index contributed by atoms with van der Waals surface area (Å²) in [5.74, 6) is -0.212. The van der Waals surface area contributed by atoms with Gasteiger partial charge in [-0.05, 0) is 73.5 Å². The van der Waals surface area contributed by atoms with Crippen LogP contribution in [0.25, 0.3) is 33.4 Å². The van der Waals surface area contributed by atoms with E-state index < -0.39 is 21.7 Å². The molecule has 0 aliphatic heterocycles. The molecular formula is C31H29FN6O4S. The van der Waals surface area contributed by atoms with Crippen LogP contribution >= 0.6 is 0 Å². The van der Waals surface area contributed by atoms with E-state index in [9.17, 15) is 17.6 Å². The molecule has 6 rings (SSSR count). The Kier molecular flexibility index (Phi) is 7.17. The van der Waals surface area contributed by atoms with Crippen molar-refractivity contribution >= 4 is 26.3 Å². The topological polar surface area (TPSA) is 129 Å². The summed E-state index contributed by atoms with van der Waals surface area (Å²) in [5, 5.41) is 4.42. The van der Waals surface area contributed by atoms with Crippen LogP contribution in [-0.4, -0.2) is 45.3 Å². The maximum Gasteiger partial charge on any atom is 0.316 e. The highest BCUT2D eigenvalue weighted by Gasteiger charge is 2.25. The molecule has 10 nitrogen and oxygen atoms in total. The van der Waals surface area contributed by atoms with Crippen molar-refractivity contribution < 1.29 is 17.5 Å². The number of halogens is 1. The molecule has 1 atom stereocenters. The first-order valence-electron chi connectivity index (χ1n) is 13.7. The van der Waals surface area contributed by atoms with Gasteiger partial charge in [0.05, 0.1) is 21.8 Å². The molecule has 1 N–H and O–H groups in total. The third kappa shape index (κ3) is 5.82. The summed E-state index contributed by atoms with van der Waals surface area (Å²) >= 11 is 0. The molecule has 43 heavy (non-hydrogen) atoms. The van der Waals surface area contributed by atoms with E-state index in [2.05, 4.69) is 25.3 Å². The molecule has 12 heteroatoms. The number of ether oxygens (including phenoxy) is 1. The van der Waals surface area contributed by atoms with E-state index >= 15 is 0 Å². The first-order valence-corrected chi connectivity index (χ1v) is 15.6. The van der Waals surface area contributed by atoms with Gasteiger partial charge in [-0.15, -0.1) is 0 Å². The fourth-order valence-corrected chi connectivity index (χ4v) is 5.85. The van der Waals surface area contributed by atoms with Crippen molar-refractivity contribution in [3.63, 3.8) is 0 Å². The molecular weight excluding hydrogens is 571 g/mol. The minimum atomic E-state index is -3.70. The third-order valence-corrected chi connectivity index (χ3v) is 8.48. The normalized spacial score (nSPS) is 14.1. The van der Waals surface area contributed by atoms with Crippen molar-refractivity contribution in [2.75, 3.05) is 11.6 Å². The zero-order valence-electron chi connectivity index (χ0n) is 24.0. The highest BCUT2D eigenvalue weighted by molar-refractivity contribution is 7.90. The number of anilines is 1. The lowest BCUT2D eigenvalue weighted by Gasteiger charge is -2.21. The summed E-state index contributed by atoms with van der Waals surface area (Å²) < 4.78 is 45.8. The number of fused-ring (bicyclic) bond motifs is 1. The molecule has 0 saturated heterocycles. The van der Waals surface area contributed by atoms with Gasteiger partial charge in [-0.3, -0.25) is 4.79 Å². The second-order valence-electron chi connectivity index (χ2n) is 10.9. The number of aromatic nitrogens is 5. The number of hydrogen-bond donors (Lipinski definition) is 1. The average molecular weight is 601 g/mol. The summed E-state index contributed by atoms with van der Waals surface area (Å²) in [4.78, 5) is 30.9. The van der Waals surface area contributed by atoms with Crippen LogP contribution in [0, 0.1) is 12.7 Å². The Labute approximate surface area is 247 Å². The van der Waals surface area contributed by atoms with Crippen molar-refractivity contribution in [1.29, 1.82) is 0 Å². The number of nitrogens with one attached hydrogen (secondary N) is 1. The summed E-state index contributed by atoms with van der Waals surface area (Å²) in [7, 11) is -2.01. The van der Waals surface area contributed by atoms with E-state index in [0.717, 1.165) is 36.3 Å². The van der Waals surface area contributed by atoms with Gasteiger partial charge in [0.25, 0.3) is 5.56 Å². The van der Waals surface area contributed by atoms with Gasteiger partial charge in [0.1, 0.15) is 11.9 Å². The maximum atomic E-state index is 13.9. The van der Waals surface area contributed by atoms with Crippen LogP contribution in [-0.2, 0) is 16.9 Å². The Morgan fingerprint density at radius 1 is 0.977 bits per heavy atom. The van der Waals surface area contributed by atoms with Crippen LogP contribution in [0.2, 0.25) is 0 Å². The molecule has 1 aliphatic rings. The largest absolute Gasteiger partial charge is 0.460 e. The second kappa shape index (κ2) is 10.8. The van der Waals surface area contributed by atoms with Gasteiger partial charge in [-0.1, -0.05) is 6.07 Å². The summed E-state index contributed by atoms with van der Waals surface area (Å²) in [6.45, 7) is 3.76. The standard InChI is InChI=1S/C31H29FN6O4S/c1-17-9-23(18(2)37-26-8-5-21(32)11-28(26)43(4,40)41)24-12-27(38(3)30(39)25(24)10-17)19-13-33-29(34-14-19)20-15-35-31(36-16-20)42-22-6-7-22/h5,8-16,18,22,37H,6-7H2,1-4H3/t18-/m1/s1. The number of hydrogen-bond acceptors (Lipinski definition) is 9. The Morgan fingerprint density at radius 3 is 2.30 bits per heavy atom. The zero-order chi connectivity index (χ0) is 30.5. The molecule has 5 aromatic rings. The van der Waals surface area contributed by atoms with Gasteiger partial charge in [0.15, 0.2) is 15.7 Å². The van der Waals surface area contributed by atoms with Crippen LogP contribution in [0.5, 0.6) is 6.01 Å². The molecule has 1 saturated carbocycles. The smallest absolute Gasteiger partial charge is 0.316 e. The number of benzene rings is 2. The van der Waals surface area contributed by atoms with Crippen molar-refractivity contribution in [2.24, 2.45) is 7.05 Å². The third-order valence-electron chi connectivity index (χ3n) is 7.35. The molecule has 0 spiro atoms. The monoisotopic (exact) mass is 600 g/mol. The summed E-state index contributed by atoms with van der Waals surface area (Å²) in [6.07, 6.45) is 9.79. The van der Waals surface area contributed by atoms with E-state index in [0.29, 0.717) is 39.4 Å². The van der Waals surface area contributed by atoms with E-state index in [-0.39, 0.29) is 22.2 Å². The van der Waals surface area contributed by atoms with Crippen LogP contribution in [0.3, 0.4) is 0 Å². The molecule has 1 fully saturated rings. The predicted molar refractivity (Wildman–Crippen MR) is 161 cm³/mol. The number of pyridine rings is 1. The van der Waals surface area contributed by atoms with Crippen molar-refractivity contribution in [3.05, 3.63) is 88.5 Å². The van der Waals surface area contributed by atoms with Gasteiger partial charge in [0.2, 0.25) is 0 Å². The van der Waals surface area contributed by atoms with Gasteiger partial charge < -0.3 is 14.6 Å². The number of rotatable bonds is 8. The number of nitrogens with zero attached hydrogens (tertiary/aromatic N) is 5. The number of aryl methyl sites for hydroxylation is 1. The Hall–Kier alpha value is -4.71. The molecule has 220 valence electrons. The Balaban J connectivity index is 1.37. The van der Waals surface area contributed by atoms with E-state index in [1.807, 2.05) is 32.0 Å². The van der Waals surface area contributed by atoms with Crippen LogP contribution in [0.15, 0.2) is 70.9 Å². The fraction of sp³-hybridized carbons (Fsp3) is 0.258. The van der Waals surface area contributed by atoms with Crippen molar-refractivity contribution in [3.8, 4) is 28.7 Å². The Morgan fingerprint density at radius 2 is 1.65 bits per heavy atom. The lowest BCUT2D eigenvalue weighted by atomic mass is 9.96. The predicted octanol–water partition coefficient (Wildman–Crippen LogP) is 5.02. The lowest BCUT2D eigenvalue weighted by Crippen LogP contribution is -2.20. The minimum Gasteiger partial charge on any atom is -0.460 e. The number of sulfone groups is 1. The molecule has 0 bridgehead atoms. The molecule has 3 heterocycles. The summed E-state index contributed by atoms with van der Waals surface area (Å²) in [5.41, 5.74) is 3.58. The molecule has 3 aromatic heterocycles. The van der Waals surface area contributed by atoms with Crippen LogP contribution in [0.1, 0.15) is 36.9 Å². The zero-order valence-corrected chi connectivity index (χ0v) is 24.8. The minimum absolute atomic E-state index is 0.138. The van der Waals surface area contributed by atoms with Crippen LogP contribution in [0.4, 0.5) is 10.1 Å². The maximum absolute atomic E-state index is 13.9. The van der Waals surface area contributed by atoms with Crippen molar-refractivity contribution in [2.45, 2.75) is 43.7 Å².